The molecule has 2 heterocycles. The second-order valence-electron chi connectivity index (χ2n) is 6.53. The van der Waals surface area contributed by atoms with Crippen molar-refractivity contribution in [3.63, 3.8) is 0 Å². The van der Waals surface area contributed by atoms with Crippen LogP contribution in [-0.2, 0) is 6.61 Å². The molecule has 5 heteroatoms. The van der Waals surface area contributed by atoms with Gasteiger partial charge in [0.15, 0.2) is 5.78 Å². The number of aromatic nitrogens is 1. The van der Waals surface area contributed by atoms with Crippen molar-refractivity contribution in [2.24, 2.45) is 0 Å². The van der Waals surface area contributed by atoms with Gasteiger partial charge >= 0.3 is 0 Å². The van der Waals surface area contributed by atoms with Gasteiger partial charge in [-0.3, -0.25) is 4.79 Å². The number of piperidine rings is 1. The fraction of sp³-hybridized carbons (Fsp3) is 0.429. The molecule has 2 aromatic rings. The van der Waals surface area contributed by atoms with Crippen LogP contribution in [-0.4, -0.2) is 30.5 Å². The van der Waals surface area contributed by atoms with Crippen molar-refractivity contribution in [3.05, 3.63) is 53.2 Å². The van der Waals surface area contributed by atoms with Gasteiger partial charge < -0.3 is 14.8 Å². The first-order valence-electron chi connectivity index (χ1n) is 9.24. The lowest BCUT2D eigenvalue weighted by atomic mass is 9.94. The summed E-state index contributed by atoms with van der Waals surface area (Å²) >= 11 is 0. The van der Waals surface area contributed by atoms with Crippen molar-refractivity contribution in [2.45, 2.75) is 39.2 Å². The van der Waals surface area contributed by atoms with E-state index >= 15 is 0 Å². The molecule has 26 heavy (non-hydrogen) atoms. The van der Waals surface area contributed by atoms with Crippen LogP contribution in [0.4, 0.5) is 0 Å². The van der Waals surface area contributed by atoms with Crippen molar-refractivity contribution in [1.82, 2.24) is 10.3 Å². The van der Waals surface area contributed by atoms with Crippen LogP contribution in [0, 0.1) is 0 Å². The summed E-state index contributed by atoms with van der Waals surface area (Å²) < 4.78 is 11.6. The summed E-state index contributed by atoms with van der Waals surface area (Å²) in [5.41, 5.74) is 2.65. The Kier molecular flexibility index (Phi) is 6.23. The number of Topliss-reactive ketones (excluding diaryl/α,β-unsaturated/α-hetero) is 1. The second-order valence-corrected chi connectivity index (χ2v) is 6.53. The molecular formula is C21H26N2O3. The maximum absolute atomic E-state index is 11.6. The number of carbonyl (C=O) groups is 1. The minimum atomic E-state index is 0.0229. The predicted molar refractivity (Wildman–Crippen MR) is 101 cm³/mol. The molecule has 1 N–H and O–H groups in total. The van der Waals surface area contributed by atoms with Gasteiger partial charge in [-0.15, -0.1) is 0 Å². The lowest BCUT2D eigenvalue weighted by Gasteiger charge is -2.22. The first kappa shape index (κ1) is 18.4. The molecule has 0 atom stereocenters. The van der Waals surface area contributed by atoms with E-state index in [9.17, 15) is 4.79 Å². The van der Waals surface area contributed by atoms with E-state index in [-0.39, 0.29) is 5.78 Å². The number of hydrogen-bond acceptors (Lipinski definition) is 5. The maximum atomic E-state index is 11.6. The van der Waals surface area contributed by atoms with E-state index in [0.717, 1.165) is 37.2 Å². The van der Waals surface area contributed by atoms with Crippen molar-refractivity contribution in [2.75, 3.05) is 19.7 Å². The fourth-order valence-corrected chi connectivity index (χ4v) is 3.19. The Morgan fingerprint density at radius 1 is 1.19 bits per heavy atom. The van der Waals surface area contributed by atoms with Crippen LogP contribution in [0.2, 0.25) is 0 Å². The summed E-state index contributed by atoms with van der Waals surface area (Å²) in [6.07, 6.45) is 2.22. The van der Waals surface area contributed by atoms with Crippen LogP contribution >= 0.6 is 0 Å². The van der Waals surface area contributed by atoms with Crippen LogP contribution in [0.5, 0.6) is 11.6 Å². The summed E-state index contributed by atoms with van der Waals surface area (Å²) in [6.45, 7) is 6.45. The Morgan fingerprint density at radius 3 is 2.73 bits per heavy atom. The fourth-order valence-electron chi connectivity index (χ4n) is 3.19. The number of ketones is 1. The van der Waals surface area contributed by atoms with Gasteiger partial charge in [0.2, 0.25) is 5.88 Å². The highest BCUT2D eigenvalue weighted by atomic mass is 16.5. The monoisotopic (exact) mass is 354 g/mol. The Labute approximate surface area is 154 Å². The zero-order valence-electron chi connectivity index (χ0n) is 15.5. The number of pyridine rings is 1. The molecule has 0 amide bonds. The summed E-state index contributed by atoms with van der Waals surface area (Å²) in [5.74, 6) is 1.83. The Hall–Kier alpha value is -2.40. The normalized spacial score (nSPS) is 14.8. The molecule has 1 aliphatic heterocycles. The first-order valence-corrected chi connectivity index (χ1v) is 9.24. The van der Waals surface area contributed by atoms with E-state index in [1.54, 1.807) is 13.0 Å². The minimum Gasteiger partial charge on any atom is -0.493 e. The van der Waals surface area contributed by atoms with Crippen LogP contribution < -0.4 is 14.8 Å². The highest BCUT2D eigenvalue weighted by molar-refractivity contribution is 5.94. The standard InChI is InChI=1S/C21H26N2O3/c1-3-25-20-13-17(15(2)24)7-8-18(20)14-26-21-6-4-5-19(23-21)16-9-11-22-12-10-16/h4-8,13,16,22H,3,9-12,14H2,1-2H3. The van der Waals surface area contributed by atoms with Gasteiger partial charge in [0.25, 0.3) is 0 Å². The van der Waals surface area contributed by atoms with Crippen LogP contribution in [0.25, 0.3) is 0 Å². The predicted octanol–water partition coefficient (Wildman–Crippen LogP) is 3.73. The summed E-state index contributed by atoms with van der Waals surface area (Å²) in [5, 5.41) is 3.38. The molecule has 1 aromatic heterocycles. The van der Waals surface area contributed by atoms with Gasteiger partial charge in [0.05, 0.1) is 6.61 Å². The topological polar surface area (TPSA) is 60.5 Å². The number of benzene rings is 1. The second kappa shape index (κ2) is 8.81. The molecule has 0 aliphatic carbocycles. The molecule has 138 valence electrons. The molecule has 1 aliphatic rings. The van der Waals surface area contributed by atoms with Gasteiger partial charge in [-0.1, -0.05) is 18.2 Å². The quantitative estimate of drug-likeness (QED) is 0.768. The Balaban J connectivity index is 1.71. The average molecular weight is 354 g/mol. The van der Waals surface area contributed by atoms with E-state index in [0.29, 0.717) is 36.3 Å². The van der Waals surface area contributed by atoms with E-state index in [1.807, 2.05) is 31.2 Å². The highest BCUT2D eigenvalue weighted by Gasteiger charge is 2.17. The number of nitrogens with one attached hydrogen (secondary N) is 1. The molecular weight excluding hydrogens is 328 g/mol. The molecule has 0 radical (unpaired) electrons. The molecule has 0 saturated carbocycles. The summed E-state index contributed by atoms with van der Waals surface area (Å²) in [6, 6.07) is 11.4. The van der Waals surface area contributed by atoms with Crippen molar-refractivity contribution >= 4 is 5.78 Å². The molecule has 3 rings (SSSR count). The van der Waals surface area contributed by atoms with Crippen LogP contribution in [0.1, 0.15) is 54.2 Å². The van der Waals surface area contributed by atoms with Gasteiger partial charge in [0.1, 0.15) is 12.4 Å². The minimum absolute atomic E-state index is 0.0229. The third-order valence-corrected chi connectivity index (χ3v) is 4.65. The lowest BCUT2D eigenvalue weighted by Crippen LogP contribution is -2.27. The maximum Gasteiger partial charge on any atom is 0.213 e. The van der Waals surface area contributed by atoms with E-state index in [1.165, 1.54) is 0 Å². The third-order valence-electron chi connectivity index (χ3n) is 4.65. The molecule has 5 nitrogen and oxygen atoms in total. The molecule has 0 unspecified atom stereocenters. The van der Waals surface area contributed by atoms with Gasteiger partial charge in [0, 0.05) is 28.8 Å². The van der Waals surface area contributed by atoms with Crippen LogP contribution in [0.3, 0.4) is 0 Å². The van der Waals surface area contributed by atoms with Crippen molar-refractivity contribution < 1.29 is 14.3 Å². The Bertz CT molecular complexity index is 755. The molecule has 0 bridgehead atoms. The Morgan fingerprint density at radius 2 is 2.00 bits per heavy atom. The molecule has 1 saturated heterocycles. The largest absolute Gasteiger partial charge is 0.493 e. The number of nitrogens with zero attached hydrogens (tertiary/aromatic N) is 1. The number of carbonyl (C=O) groups excluding carboxylic acids is 1. The SMILES string of the molecule is CCOc1cc(C(C)=O)ccc1COc1cccc(C2CCNCC2)n1. The molecule has 1 fully saturated rings. The lowest BCUT2D eigenvalue weighted by molar-refractivity contribution is 0.101. The smallest absolute Gasteiger partial charge is 0.213 e. The number of rotatable bonds is 7. The van der Waals surface area contributed by atoms with E-state index in [4.69, 9.17) is 9.47 Å². The van der Waals surface area contributed by atoms with E-state index < -0.39 is 0 Å². The first-order chi connectivity index (χ1) is 12.7. The number of hydrogen-bond donors (Lipinski definition) is 1. The third kappa shape index (κ3) is 4.61. The van der Waals surface area contributed by atoms with Crippen molar-refractivity contribution in [1.29, 1.82) is 0 Å². The highest BCUT2D eigenvalue weighted by Crippen LogP contribution is 2.26. The summed E-state index contributed by atoms with van der Waals surface area (Å²) in [4.78, 5) is 16.3. The summed E-state index contributed by atoms with van der Waals surface area (Å²) in [7, 11) is 0. The van der Waals surface area contributed by atoms with Crippen LogP contribution in [0.15, 0.2) is 36.4 Å². The zero-order valence-corrected chi connectivity index (χ0v) is 15.5. The number of ether oxygens (including phenoxy) is 2. The zero-order chi connectivity index (χ0) is 18.4. The van der Waals surface area contributed by atoms with Gasteiger partial charge in [-0.2, -0.15) is 0 Å². The van der Waals surface area contributed by atoms with E-state index in [2.05, 4.69) is 16.4 Å². The van der Waals surface area contributed by atoms with Gasteiger partial charge in [-0.25, -0.2) is 4.98 Å². The van der Waals surface area contributed by atoms with Crippen molar-refractivity contribution in [3.8, 4) is 11.6 Å². The molecule has 1 aromatic carbocycles. The van der Waals surface area contributed by atoms with Gasteiger partial charge in [-0.05, 0) is 51.9 Å². The average Bonchev–Trinajstić information content (AvgIpc) is 2.68. The molecule has 0 spiro atoms.